The van der Waals surface area contributed by atoms with Crippen molar-refractivity contribution < 1.29 is 19.4 Å². The molecule has 0 saturated carbocycles. The zero-order valence-corrected chi connectivity index (χ0v) is 11.0. The summed E-state index contributed by atoms with van der Waals surface area (Å²) >= 11 is 0. The predicted octanol–water partition coefficient (Wildman–Crippen LogP) is 2.70. The molecule has 1 fully saturated rings. The van der Waals surface area contributed by atoms with Gasteiger partial charge in [-0.2, -0.15) is 0 Å². The lowest BCUT2D eigenvalue weighted by molar-refractivity contribution is -0.141. The molecular formula is C14H28O4. The zero-order valence-electron chi connectivity index (χ0n) is 11.0. The van der Waals surface area contributed by atoms with Crippen molar-refractivity contribution in [1.82, 2.24) is 0 Å². The van der Waals surface area contributed by atoms with Gasteiger partial charge in [-0.3, -0.25) is 4.79 Å². The predicted molar refractivity (Wildman–Crippen MR) is 73.4 cm³/mol. The lowest BCUT2D eigenvalue weighted by Gasteiger charge is -2.12. The molecule has 4 heteroatoms. The molecule has 4 nitrogen and oxygen atoms in total. The van der Waals surface area contributed by atoms with E-state index in [2.05, 4.69) is 11.3 Å². The second kappa shape index (κ2) is 11.2. The molecule has 0 bridgehead atoms. The van der Waals surface area contributed by atoms with E-state index in [1.54, 1.807) is 6.08 Å². The Labute approximate surface area is 111 Å². The molecule has 1 rings (SSSR count). The summed E-state index contributed by atoms with van der Waals surface area (Å²) in [5, 5.41) is 9.62. The molecular weight excluding hydrogens is 232 g/mol. The summed E-state index contributed by atoms with van der Waals surface area (Å²) in [4.78, 5) is 10.9. The minimum atomic E-state index is -0.439. The topological polar surface area (TPSA) is 55.8 Å². The Morgan fingerprint density at radius 1 is 1.56 bits per heavy atom. The summed E-state index contributed by atoms with van der Waals surface area (Å²) in [5.74, 6) is -0.236. The molecule has 0 aromatic heterocycles. The third-order valence-electron chi connectivity index (χ3n) is 2.60. The number of ether oxygens (including phenoxy) is 2. The molecule has 0 unspecified atom stereocenters. The number of hydrogen-bond acceptors (Lipinski definition) is 4. The first-order chi connectivity index (χ1) is 8.17. The van der Waals surface area contributed by atoms with Crippen molar-refractivity contribution in [3.63, 3.8) is 0 Å². The van der Waals surface area contributed by atoms with E-state index in [-0.39, 0.29) is 25.6 Å². The molecule has 108 valence electrons. The van der Waals surface area contributed by atoms with E-state index in [4.69, 9.17) is 4.74 Å². The number of esters is 1. The molecule has 1 saturated heterocycles. The number of rotatable bonds is 5. The van der Waals surface area contributed by atoms with E-state index < -0.39 is 6.10 Å². The third-order valence-corrected chi connectivity index (χ3v) is 2.60. The van der Waals surface area contributed by atoms with E-state index in [9.17, 15) is 9.90 Å². The van der Waals surface area contributed by atoms with E-state index in [0.29, 0.717) is 25.7 Å². The molecule has 3 atom stereocenters. The number of carbonyl (C=O) groups excluding carboxylic acids is 1. The van der Waals surface area contributed by atoms with Crippen LogP contribution in [0, 0.1) is 0 Å². The van der Waals surface area contributed by atoms with Crippen LogP contribution < -0.4 is 0 Å². The number of aliphatic hydroxyl groups excluding tert-OH is 1. The molecule has 18 heavy (non-hydrogen) atoms. The smallest absolute Gasteiger partial charge is 0.305 e. The molecule has 0 aromatic carbocycles. The molecule has 0 aliphatic carbocycles. The first-order valence-electron chi connectivity index (χ1n) is 6.18. The average molecular weight is 260 g/mol. The number of carbonyl (C=O) groups is 1. The van der Waals surface area contributed by atoms with Crippen LogP contribution in [0.5, 0.6) is 0 Å². The maximum Gasteiger partial charge on any atom is 0.305 e. The second-order valence-corrected chi connectivity index (χ2v) is 3.74. The van der Waals surface area contributed by atoms with Crippen LogP contribution in [-0.2, 0) is 14.3 Å². The van der Waals surface area contributed by atoms with E-state index in [0.717, 1.165) is 0 Å². The van der Waals surface area contributed by atoms with Crippen molar-refractivity contribution in [3.8, 4) is 0 Å². The Morgan fingerprint density at radius 3 is 2.67 bits per heavy atom. The molecule has 1 aliphatic heterocycles. The summed E-state index contributed by atoms with van der Waals surface area (Å²) in [5.41, 5.74) is 0. The molecule has 0 radical (unpaired) electrons. The van der Waals surface area contributed by atoms with E-state index in [1.807, 2.05) is 13.8 Å². The third kappa shape index (κ3) is 6.77. The summed E-state index contributed by atoms with van der Waals surface area (Å²) < 4.78 is 10.1. The van der Waals surface area contributed by atoms with Crippen LogP contribution in [0.1, 0.15) is 47.0 Å². The van der Waals surface area contributed by atoms with Gasteiger partial charge >= 0.3 is 5.97 Å². The standard InChI is InChI=1S/C11H18O4.C2H6.CH4/c1-3-4-10-9(12)7-8(15-10)5-6-11(13)14-2;1-2;/h3,8-10,12H,1,4-7H2,2H3;1-2H3;1H4/t8-,9+,10-;;/m0../s1. The van der Waals surface area contributed by atoms with Gasteiger partial charge in [0.15, 0.2) is 0 Å². The normalized spacial score (nSPS) is 25.4. The van der Waals surface area contributed by atoms with Crippen LogP contribution in [-0.4, -0.2) is 36.5 Å². The Kier molecular flexibility index (Phi) is 12.2. The van der Waals surface area contributed by atoms with Crippen LogP contribution in [0.4, 0.5) is 0 Å². The van der Waals surface area contributed by atoms with Gasteiger partial charge in [-0.25, -0.2) is 0 Å². The maximum atomic E-state index is 10.9. The molecule has 1 aliphatic rings. The van der Waals surface area contributed by atoms with Crippen molar-refractivity contribution in [2.75, 3.05) is 7.11 Å². The van der Waals surface area contributed by atoms with Crippen LogP contribution in [0.15, 0.2) is 12.7 Å². The average Bonchev–Trinajstić information content (AvgIpc) is 2.70. The minimum absolute atomic E-state index is 0. The van der Waals surface area contributed by atoms with Gasteiger partial charge in [0, 0.05) is 12.8 Å². The summed E-state index contributed by atoms with van der Waals surface area (Å²) in [6, 6.07) is 0. The highest BCUT2D eigenvalue weighted by Gasteiger charge is 2.32. The van der Waals surface area contributed by atoms with E-state index in [1.165, 1.54) is 7.11 Å². The van der Waals surface area contributed by atoms with Crippen LogP contribution in [0.3, 0.4) is 0 Å². The van der Waals surface area contributed by atoms with Gasteiger partial charge in [0.1, 0.15) is 0 Å². The first kappa shape index (κ1) is 19.5. The Hall–Kier alpha value is -0.870. The molecule has 1 N–H and O–H groups in total. The summed E-state index contributed by atoms with van der Waals surface area (Å²) in [7, 11) is 1.37. The molecule has 0 amide bonds. The molecule has 1 heterocycles. The Bertz CT molecular complexity index is 228. The van der Waals surface area contributed by atoms with E-state index >= 15 is 0 Å². The summed E-state index contributed by atoms with van der Waals surface area (Å²) in [6.07, 6.45) is 3.29. The van der Waals surface area contributed by atoms with Gasteiger partial charge < -0.3 is 14.6 Å². The fourth-order valence-electron chi connectivity index (χ4n) is 1.76. The Balaban J connectivity index is 0. The monoisotopic (exact) mass is 260 g/mol. The van der Waals surface area contributed by atoms with Gasteiger partial charge in [0.25, 0.3) is 0 Å². The van der Waals surface area contributed by atoms with Gasteiger partial charge in [-0.05, 0) is 12.8 Å². The minimum Gasteiger partial charge on any atom is -0.469 e. The van der Waals surface area contributed by atoms with Crippen molar-refractivity contribution in [2.45, 2.75) is 65.3 Å². The largest absolute Gasteiger partial charge is 0.469 e. The molecule has 0 aromatic rings. The lowest BCUT2D eigenvalue weighted by atomic mass is 10.1. The zero-order chi connectivity index (χ0) is 13.3. The van der Waals surface area contributed by atoms with Crippen LogP contribution in [0.2, 0.25) is 0 Å². The van der Waals surface area contributed by atoms with Crippen LogP contribution >= 0.6 is 0 Å². The lowest BCUT2D eigenvalue weighted by Crippen LogP contribution is -2.19. The maximum absolute atomic E-state index is 10.9. The van der Waals surface area contributed by atoms with Gasteiger partial charge in [0.2, 0.25) is 0 Å². The fraction of sp³-hybridized carbons (Fsp3) is 0.786. The highest BCUT2D eigenvalue weighted by molar-refractivity contribution is 5.69. The number of aliphatic hydroxyl groups is 1. The molecule has 0 spiro atoms. The highest BCUT2D eigenvalue weighted by Crippen LogP contribution is 2.25. The quantitative estimate of drug-likeness (QED) is 0.610. The Morgan fingerprint density at radius 2 is 2.17 bits per heavy atom. The van der Waals surface area contributed by atoms with Crippen molar-refractivity contribution in [1.29, 1.82) is 0 Å². The second-order valence-electron chi connectivity index (χ2n) is 3.74. The fourth-order valence-corrected chi connectivity index (χ4v) is 1.76. The number of hydrogen-bond donors (Lipinski definition) is 1. The van der Waals surface area contributed by atoms with Gasteiger partial charge in [-0.15, -0.1) is 6.58 Å². The van der Waals surface area contributed by atoms with Crippen molar-refractivity contribution >= 4 is 5.97 Å². The SMILES string of the molecule is C.C=CC[C@@H]1O[C@@H](CCC(=O)OC)C[C@H]1O.CC. The summed E-state index contributed by atoms with van der Waals surface area (Å²) in [6.45, 7) is 7.61. The van der Waals surface area contributed by atoms with Gasteiger partial charge in [0.05, 0.1) is 25.4 Å². The highest BCUT2D eigenvalue weighted by atomic mass is 16.5. The number of methoxy groups -OCH3 is 1. The van der Waals surface area contributed by atoms with Crippen molar-refractivity contribution in [2.24, 2.45) is 0 Å². The van der Waals surface area contributed by atoms with Gasteiger partial charge in [-0.1, -0.05) is 27.4 Å². The van der Waals surface area contributed by atoms with Crippen LogP contribution in [0.25, 0.3) is 0 Å². The van der Waals surface area contributed by atoms with Crippen molar-refractivity contribution in [3.05, 3.63) is 12.7 Å². The first-order valence-corrected chi connectivity index (χ1v) is 6.18.